The molecule has 0 saturated heterocycles. The first-order valence-electron chi connectivity index (χ1n) is 5.79. The normalized spacial score (nSPS) is 10.3. The Kier molecular flexibility index (Phi) is 2.66. The highest BCUT2D eigenvalue weighted by Crippen LogP contribution is 2.20. The number of nitrogens with zero attached hydrogens (tertiary/aromatic N) is 4. The van der Waals surface area contributed by atoms with Gasteiger partial charge in [0.15, 0.2) is 0 Å². The van der Waals surface area contributed by atoms with Crippen LogP contribution in [0.25, 0.3) is 16.7 Å². The smallest absolute Gasteiger partial charge is 0.338 e. The molecule has 3 aromatic rings. The third kappa shape index (κ3) is 1.78. The molecule has 96 valence electrons. The van der Waals surface area contributed by atoms with Crippen LogP contribution in [0.3, 0.4) is 0 Å². The second-order valence-corrected chi connectivity index (χ2v) is 4.14. The van der Waals surface area contributed by atoms with Crippen molar-refractivity contribution in [2.45, 2.75) is 0 Å². The van der Waals surface area contributed by atoms with Crippen LogP contribution < -0.4 is 0 Å². The molecule has 3 rings (SSSR count). The highest BCUT2D eigenvalue weighted by Gasteiger charge is 2.14. The molecule has 0 saturated carbocycles. The van der Waals surface area contributed by atoms with Crippen LogP contribution in [0, 0.1) is 11.3 Å². The first-order chi connectivity index (χ1) is 9.70. The molecule has 2 aromatic carbocycles. The summed E-state index contributed by atoms with van der Waals surface area (Å²) in [6.07, 6.45) is 0. The van der Waals surface area contributed by atoms with E-state index in [1.54, 1.807) is 36.4 Å². The van der Waals surface area contributed by atoms with Crippen molar-refractivity contribution in [1.82, 2.24) is 15.0 Å². The zero-order valence-electron chi connectivity index (χ0n) is 10.2. The fourth-order valence-electron chi connectivity index (χ4n) is 2.02. The van der Waals surface area contributed by atoms with E-state index < -0.39 is 5.97 Å². The Balaban J connectivity index is 2.25. The van der Waals surface area contributed by atoms with Crippen LogP contribution in [0.2, 0.25) is 0 Å². The molecule has 1 aromatic heterocycles. The summed E-state index contributed by atoms with van der Waals surface area (Å²) >= 11 is 0. The summed E-state index contributed by atoms with van der Waals surface area (Å²) < 4.78 is 1.52. The molecule has 0 aliphatic heterocycles. The molecule has 0 aliphatic carbocycles. The lowest BCUT2D eigenvalue weighted by molar-refractivity contribution is 0.0699. The molecule has 0 bridgehead atoms. The van der Waals surface area contributed by atoms with Crippen LogP contribution in [-0.2, 0) is 0 Å². The summed E-state index contributed by atoms with van der Waals surface area (Å²) in [4.78, 5) is 11.1. The standard InChI is InChI=1S/C14H8N4O2/c15-8-9-3-1-4-10(7-9)18-12-6-2-5-11(14(19)20)13(12)16-17-18/h1-7H,(H,19,20). The largest absolute Gasteiger partial charge is 0.478 e. The molecule has 0 amide bonds. The van der Waals surface area contributed by atoms with Gasteiger partial charge in [0.2, 0.25) is 0 Å². The van der Waals surface area contributed by atoms with E-state index in [2.05, 4.69) is 16.4 Å². The fraction of sp³-hybridized carbons (Fsp3) is 0. The molecule has 6 heteroatoms. The van der Waals surface area contributed by atoms with Crippen molar-refractivity contribution in [1.29, 1.82) is 5.26 Å². The maximum Gasteiger partial charge on any atom is 0.338 e. The van der Waals surface area contributed by atoms with Crippen molar-refractivity contribution in [3.63, 3.8) is 0 Å². The van der Waals surface area contributed by atoms with Gasteiger partial charge in [0.25, 0.3) is 0 Å². The van der Waals surface area contributed by atoms with E-state index in [4.69, 9.17) is 10.4 Å². The van der Waals surface area contributed by atoms with Gasteiger partial charge >= 0.3 is 5.97 Å². The van der Waals surface area contributed by atoms with Gasteiger partial charge in [-0.3, -0.25) is 0 Å². The lowest BCUT2D eigenvalue weighted by Crippen LogP contribution is -1.98. The minimum absolute atomic E-state index is 0.102. The van der Waals surface area contributed by atoms with Gasteiger partial charge in [0, 0.05) is 0 Å². The van der Waals surface area contributed by atoms with Crippen molar-refractivity contribution in [3.8, 4) is 11.8 Å². The summed E-state index contributed by atoms with van der Waals surface area (Å²) in [5.74, 6) is -1.05. The van der Waals surface area contributed by atoms with E-state index >= 15 is 0 Å². The lowest BCUT2D eigenvalue weighted by atomic mass is 10.1. The number of aromatic carboxylic acids is 1. The highest BCUT2D eigenvalue weighted by atomic mass is 16.4. The summed E-state index contributed by atoms with van der Waals surface area (Å²) in [7, 11) is 0. The fourth-order valence-corrected chi connectivity index (χ4v) is 2.02. The van der Waals surface area contributed by atoms with Gasteiger partial charge in [-0.25, -0.2) is 9.48 Å². The van der Waals surface area contributed by atoms with E-state index in [1.807, 2.05) is 0 Å². The Morgan fingerprint density at radius 3 is 2.80 bits per heavy atom. The van der Waals surface area contributed by atoms with E-state index in [0.717, 1.165) is 0 Å². The van der Waals surface area contributed by atoms with Crippen molar-refractivity contribution in [2.75, 3.05) is 0 Å². The Morgan fingerprint density at radius 1 is 1.25 bits per heavy atom. The minimum atomic E-state index is -1.05. The first-order valence-corrected chi connectivity index (χ1v) is 5.79. The van der Waals surface area contributed by atoms with E-state index in [0.29, 0.717) is 22.3 Å². The average Bonchev–Trinajstić information content (AvgIpc) is 2.91. The topological polar surface area (TPSA) is 91.8 Å². The van der Waals surface area contributed by atoms with Gasteiger partial charge in [0.05, 0.1) is 28.4 Å². The molecule has 1 N–H and O–H groups in total. The number of carbonyl (C=O) groups is 1. The Morgan fingerprint density at radius 2 is 2.05 bits per heavy atom. The number of benzene rings is 2. The van der Waals surface area contributed by atoms with E-state index in [-0.39, 0.29) is 5.56 Å². The number of fused-ring (bicyclic) bond motifs is 1. The van der Waals surface area contributed by atoms with Crippen LogP contribution >= 0.6 is 0 Å². The van der Waals surface area contributed by atoms with Gasteiger partial charge in [-0.2, -0.15) is 5.26 Å². The van der Waals surface area contributed by atoms with E-state index in [9.17, 15) is 4.79 Å². The molecule has 0 atom stereocenters. The number of nitriles is 1. The van der Waals surface area contributed by atoms with Crippen molar-refractivity contribution in [2.24, 2.45) is 0 Å². The van der Waals surface area contributed by atoms with Crippen molar-refractivity contribution in [3.05, 3.63) is 53.6 Å². The number of hydrogen-bond acceptors (Lipinski definition) is 4. The Labute approximate surface area is 113 Å². The summed E-state index contributed by atoms with van der Waals surface area (Å²) in [6.45, 7) is 0. The molecule has 0 fully saturated rings. The molecule has 6 nitrogen and oxygen atoms in total. The van der Waals surface area contributed by atoms with Crippen LogP contribution in [-0.4, -0.2) is 26.1 Å². The quantitative estimate of drug-likeness (QED) is 0.764. The molecule has 0 spiro atoms. The molecule has 1 heterocycles. The van der Waals surface area contributed by atoms with Gasteiger partial charge < -0.3 is 5.11 Å². The van der Waals surface area contributed by atoms with Crippen LogP contribution in [0.1, 0.15) is 15.9 Å². The van der Waals surface area contributed by atoms with E-state index in [1.165, 1.54) is 10.7 Å². The summed E-state index contributed by atoms with van der Waals surface area (Å²) in [5, 5.41) is 25.9. The Hall–Kier alpha value is -3.20. The molecule has 0 unspecified atom stereocenters. The minimum Gasteiger partial charge on any atom is -0.478 e. The molecular weight excluding hydrogens is 256 g/mol. The maximum atomic E-state index is 11.1. The van der Waals surface area contributed by atoms with Gasteiger partial charge in [-0.1, -0.05) is 17.3 Å². The number of aromatic nitrogens is 3. The maximum absolute atomic E-state index is 11.1. The second kappa shape index (κ2) is 4.48. The predicted molar refractivity (Wildman–Crippen MR) is 70.5 cm³/mol. The van der Waals surface area contributed by atoms with Gasteiger partial charge in [-0.05, 0) is 30.3 Å². The highest BCUT2D eigenvalue weighted by molar-refractivity contribution is 6.00. The zero-order chi connectivity index (χ0) is 14.1. The average molecular weight is 264 g/mol. The zero-order valence-corrected chi connectivity index (χ0v) is 10.2. The number of carboxylic acids is 1. The molecule has 0 radical (unpaired) electrons. The Bertz CT molecular complexity index is 861. The van der Waals surface area contributed by atoms with Crippen LogP contribution in [0.5, 0.6) is 0 Å². The summed E-state index contributed by atoms with van der Waals surface area (Å²) in [6, 6.07) is 13.8. The third-order valence-electron chi connectivity index (χ3n) is 2.93. The van der Waals surface area contributed by atoms with Crippen molar-refractivity contribution < 1.29 is 9.90 Å². The number of rotatable bonds is 2. The first kappa shape index (κ1) is 11.9. The van der Waals surface area contributed by atoms with Crippen LogP contribution in [0.4, 0.5) is 0 Å². The SMILES string of the molecule is N#Cc1cccc(-n2nnc3c(C(=O)O)cccc32)c1. The molecule has 20 heavy (non-hydrogen) atoms. The summed E-state index contributed by atoms with van der Waals surface area (Å²) in [5.41, 5.74) is 2.17. The predicted octanol–water partition coefficient (Wildman–Crippen LogP) is 1.99. The van der Waals surface area contributed by atoms with Gasteiger partial charge in [0.1, 0.15) is 5.52 Å². The van der Waals surface area contributed by atoms with Crippen molar-refractivity contribution >= 4 is 17.0 Å². The monoisotopic (exact) mass is 264 g/mol. The second-order valence-electron chi connectivity index (χ2n) is 4.14. The number of hydrogen-bond donors (Lipinski definition) is 1. The third-order valence-corrected chi connectivity index (χ3v) is 2.93. The van der Waals surface area contributed by atoms with Gasteiger partial charge in [-0.15, -0.1) is 5.10 Å². The molecular formula is C14H8N4O2. The number of carboxylic acid groups (broad SMARTS) is 1. The molecule has 0 aliphatic rings. The van der Waals surface area contributed by atoms with Crippen LogP contribution in [0.15, 0.2) is 42.5 Å². The lowest BCUT2D eigenvalue weighted by Gasteiger charge is -2.02.